The Morgan fingerprint density at radius 2 is 1.34 bits per heavy atom. The van der Waals surface area contributed by atoms with Gasteiger partial charge in [0.15, 0.2) is 0 Å². The summed E-state index contributed by atoms with van der Waals surface area (Å²) in [7, 11) is 0. The zero-order valence-electron chi connectivity index (χ0n) is 15.6. The summed E-state index contributed by atoms with van der Waals surface area (Å²) >= 11 is 0. The third-order valence-corrected chi connectivity index (χ3v) is 6.06. The molecule has 0 radical (unpaired) electrons. The van der Waals surface area contributed by atoms with E-state index in [2.05, 4.69) is 112 Å². The summed E-state index contributed by atoms with van der Waals surface area (Å²) in [6.07, 6.45) is 2.19. The van der Waals surface area contributed by atoms with Gasteiger partial charge in [-0.25, -0.2) is 0 Å². The average molecular weight is 371 g/mol. The van der Waals surface area contributed by atoms with Gasteiger partial charge in [0, 0.05) is 33.6 Å². The summed E-state index contributed by atoms with van der Waals surface area (Å²) in [4.78, 5) is 6.04. The van der Waals surface area contributed by atoms with Crippen LogP contribution in [0, 0.1) is 0 Å². The zero-order valence-corrected chi connectivity index (χ0v) is 15.6. The number of benzene rings is 4. The van der Waals surface area contributed by atoms with Gasteiger partial charge in [0.1, 0.15) is 0 Å². The molecule has 7 rings (SSSR count). The van der Waals surface area contributed by atoms with Gasteiger partial charge in [0.05, 0.1) is 28.1 Å². The van der Waals surface area contributed by atoms with Crippen LogP contribution in [0.25, 0.3) is 38.4 Å². The molecule has 2 aromatic heterocycles. The maximum atomic E-state index is 3.66. The molecule has 0 aliphatic carbocycles. The van der Waals surface area contributed by atoms with E-state index in [4.69, 9.17) is 0 Å². The summed E-state index contributed by atoms with van der Waals surface area (Å²) in [5.41, 5.74) is 8.41. The Balaban J connectivity index is 1.70. The van der Waals surface area contributed by atoms with Crippen molar-refractivity contribution < 1.29 is 0 Å². The number of hydrogen-bond acceptors (Lipinski definition) is 1. The molecule has 6 aromatic rings. The fraction of sp³-hybridized carbons (Fsp3) is 0. The number of nitrogens with one attached hydrogen (secondary N) is 1. The second-order valence-electron chi connectivity index (χ2n) is 7.60. The van der Waals surface area contributed by atoms with Crippen molar-refractivity contribution in [3.63, 3.8) is 0 Å². The minimum Gasteiger partial charge on any atom is -0.354 e. The molecule has 29 heavy (non-hydrogen) atoms. The van der Waals surface area contributed by atoms with Crippen LogP contribution in [0.2, 0.25) is 0 Å². The molecule has 3 heteroatoms. The van der Waals surface area contributed by atoms with Gasteiger partial charge >= 0.3 is 0 Å². The molecule has 1 aliphatic rings. The second kappa shape index (κ2) is 5.30. The van der Waals surface area contributed by atoms with Crippen molar-refractivity contribution in [2.45, 2.75) is 0 Å². The number of hydrogen-bond donors (Lipinski definition) is 1. The molecule has 3 heterocycles. The smallest absolute Gasteiger partial charge is 0.0793 e. The lowest BCUT2D eigenvalue weighted by atomic mass is 10.0. The summed E-state index contributed by atoms with van der Waals surface area (Å²) in [5.74, 6) is 0. The van der Waals surface area contributed by atoms with Gasteiger partial charge in [0.2, 0.25) is 0 Å². The van der Waals surface area contributed by atoms with Gasteiger partial charge in [-0.3, -0.25) is 0 Å². The van der Waals surface area contributed by atoms with Gasteiger partial charge in [-0.1, -0.05) is 48.5 Å². The molecule has 0 bridgehead atoms. The first kappa shape index (κ1) is 15.0. The third kappa shape index (κ3) is 1.87. The Kier molecular flexibility index (Phi) is 2.74. The molecule has 0 amide bonds. The van der Waals surface area contributed by atoms with E-state index in [0.29, 0.717) is 0 Å². The molecule has 4 aromatic carbocycles. The van der Waals surface area contributed by atoms with Gasteiger partial charge in [-0.05, 0) is 42.5 Å². The van der Waals surface area contributed by atoms with Crippen LogP contribution in [0.4, 0.5) is 17.1 Å². The largest absolute Gasteiger partial charge is 0.354 e. The molecule has 0 fully saturated rings. The minimum absolute atomic E-state index is 1.17. The maximum Gasteiger partial charge on any atom is 0.0793 e. The van der Waals surface area contributed by atoms with Crippen LogP contribution in [0.1, 0.15) is 0 Å². The standard InChI is InChI=1S/C26H17N3/c1-2-8-17(9-3-1)29-23-13-7-6-12-22(23)28-15-14-19-25-20(16-24(29)26(19)28)18-10-4-5-11-21(18)27-25/h1-16,27H. The van der Waals surface area contributed by atoms with E-state index in [9.17, 15) is 0 Å². The number of anilines is 3. The predicted octanol–water partition coefficient (Wildman–Crippen LogP) is 7.05. The average Bonchev–Trinajstić information content (AvgIpc) is 3.38. The quantitative estimate of drug-likeness (QED) is 0.328. The second-order valence-corrected chi connectivity index (χ2v) is 7.60. The van der Waals surface area contributed by atoms with E-state index >= 15 is 0 Å². The van der Waals surface area contributed by atoms with Crippen molar-refractivity contribution in [1.82, 2.24) is 9.55 Å². The predicted molar refractivity (Wildman–Crippen MR) is 121 cm³/mol. The molecule has 0 unspecified atom stereocenters. The number of aromatic amines is 1. The Labute approximate surface area is 167 Å². The number of rotatable bonds is 1. The molecule has 0 saturated heterocycles. The highest BCUT2D eigenvalue weighted by Crippen LogP contribution is 2.49. The van der Waals surface area contributed by atoms with Gasteiger partial charge < -0.3 is 14.5 Å². The van der Waals surface area contributed by atoms with E-state index in [0.717, 1.165) is 0 Å². The van der Waals surface area contributed by atoms with Crippen molar-refractivity contribution in [2.75, 3.05) is 4.90 Å². The normalized spacial score (nSPS) is 12.8. The van der Waals surface area contributed by atoms with Crippen LogP contribution in [-0.2, 0) is 0 Å². The van der Waals surface area contributed by atoms with E-state index in [1.807, 2.05) is 0 Å². The lowest BCUT2D eigenvalue weighted by molar-refractivity contribution is 1.08. The van der Waals surface area contributed by atoms with Crippen molar-refractivity contribution in [2.24, 2.45) is 0 Å². The Morgan fingerprint density at radius 1 is 0.586 bits per heavy atom. The van der Waals surface area contributed by atoms with E-state index in [1.165, 1.54) is 55.5 Å². The Morgan fingerprint density at radius 3 is 2.24 bits per heavy atom. The van der Waals surface area contributed by atoms with Crippen LogP contribution in [-0.4, -0.2) is 9.55 Å². The fourth-order valence-corrected chi connectivity index (χ4v) is 4.84. The molecule has 1 N–H and O–H groups in total. The highest BCUT2D eigenvalue weighted by atomic mass is 15.2. The van der Waals surface area contributed by atoms with Gasteiger partial charge in [0.25, 0.3) is 0 Å². The molecule has 136 valence electrons. The molecule has 0 atom stereocenters. The van der Waals surface area contributed by atoms with Crippen LogP contribution >= 0.6 is 0 Å². The number of fused-ring (bicyclic) bond motifs is 6. The molecule has 0 saturated carbocycles. The molecule has 0 spiro atoms. The molecule has 1 aliphatic heterocycles. The third-order valence-electron chi connectivity index (χ3n) is 6.06. The number of aromatic nitrogens is 2. The summed E-state index contributed by atoms with van der Waals surface area (Å²) < 4.78 is 2.32. The lowest BCUT2D eigenvalue weighted by Gasteiger charge is -2.33. The lowest BCUT2D eigenvalue weighted by Crippen LogP contribution is -2.17. The van der Waals surface area contributed by atoms with Crippen LogP contribution in [0.15, 0.2) is 97.2 Å². The Hall–Kier alpha value is -3.98. The summed E-state index contributed by atoms with van der Waals surface area (Å²) in [5, 5.41) is 3.78. The monoisotopic (exact) mass is 371 g/mol. The van der Waals surface area contributed by atoms with Crippen molar-refractivity contribution in [3.05, 3.63) is 97.2 Å². The summed E-state index contributed by atoms with van der Waals surface area (Å²) in [6.45, 7) is 0. The molecular formula is C26H17N3. The zero-order chi connectivity index (χ0) is 18.9. The van der Waals surface area contributed by atoms with E-state index in [-0.39, 0.29) is 0 Å². The first-order chi connectivity index (χ1) is 14.4. The first-order valence-corrected chi connectivity index (χ1v) is 9.89. The van der Waals surface area contributed by atoms with Crippen molar-refractivity contribution in [1.29, 1.82) is 0 Å². The fourth-order valence-electron chi connectivity index (χ4n) is 4.84. The molecule has 3 nitrogen and oxygen atoms in total. The van der Waals surface area contributed by atoms with Crippen LogP contribution in [0.5, 0.6) is 0 Å². The minimum atomic E-state index is 1.17. The highest BCUT2D eigenvalue weighted by Gasteiger charge is 2.27. The van der Waals surface area contributed by atoms with E-state index < -0.39 is 0 Å². The van der Waals surface area contributed by atoms with Crippen LogP contribution < -0.4 is 4.90 Å². The SMILES string of the molecule is c1ccc(N2c3ccccc3-n3ccc4c5[nH]c6ccccc6c5cc2c43)cc1. The molecular weight excluding hydrogens is 354 g/mol. The number of H-pyrrole nitrogens is 1. The first-order valence-electron chi connectivity index (χ1n) is 9.89. The maximum absolute atomic E-state index is 3.66. The van der Waals surface area contributed by atoms with Gasteiger partial charge in [-0.2, -0.15) is 0 Å². The number of para-hydroxylation sites is 4. The Bertz CT molecular complexity index is 1550. The van der Waals surface area contributed by atoms with Crippen LogP contribution in [0.3, 0.4) is 0 Å². The van der Waals surface area contributed by atoms with E-state index in [1.54, 1.807) is 0 Å². The van der Waals surface area contributed by atoms with Gasteiger partial charge in [-0.15, -0.1) is 0 Å². The highest BCUT2D eigenvalue weighted by molar-refractivity contribution is 6.21. The number of nitrogens with zero attached hydrogens (tertiary/aromatic N) is 2. The summed E-state index contributed by atoms with van der Waals surface area (Å²) in [6, 6.07) is 32.4. The van der Waals surface area contributed by atoms with Crippen molar-refractivity contribution >= 4 is 49.8 Å². The van der Waals surface area contributed by atoms with Crippen molar-refractivity contribution in [3.8, 4) is 5.69 Å². The topological polar surface area (TPSA) is 24.0 Å².